The van der Waals surface area contributed by atoms with E-state index in [1.54, 1.807) is 19.1 Å². The molecule has 3 heterocycles. The molecule has 3 aromatic heterocycles. The molecule has 1 unspecified atom stereocenters. The zero-order valence-corrected chi connectivity index (χ0v) is 16.2. The maximum Gasteiger partial charge on any atom is 0.451 e. The van der Waals surface area contributed by atoms with Gasteiger partial charge >= 0.3 is 6.18 Å². The first-order chi connectivity index (χ1) is 14.8. The standard InChI is InChI=1S/C19H15F4N7O/c1-10(11-5-24-18(25-6-11)19(21,22)23)29-17-14-3-13(30-8-12(20)7-28-30)4-15(31-2)16(14)26-9-27-17/h3-10H,1-2H3,(H,26,27,29). The van der Waals surface area contributed by atoms with Gasteiger partial charge in [0.25, 0.3) is 0 Å². The van der Waals surface area contributed by atoms with Gasteiger partial charge in [-0.25, -0.2) is 29.0 Å². The van der Waals surface area contributed by atoms with Gasteiger partial charge in [-0.1, -0.05) is 0 Å². The number of aromatic nitrogens is 6. The lowest BCUT2D eigenvalue weighted by Crippen LogP contribution is -2.14. The van der Waals surface area contributed by atoms with Crippen LogP contribution in [-0.4, -0.2) is 36.8 Å². The Balaban J connectivity index is 1.71. The molecule has 31 heavy (non-hydrogen) atoms. The van der Waals surface area contributed by atoms with E-state index in [1.165, 1.54) is 24.3 Å². The Labute approximate surface area is 172 Å². The van der Waals surface area contributed by atoms with Crippen LogP contribution in [0, 0.1) is 5.82 Å². The molecule has 8 nitrogen and oxygen atoms in total. The van der Waals surface area contributed by atoms with Crippen LogP contribution in [0.1, 0.15) is 24.4 Å². The Kier molecular flexibility index (Phi) is 5.13. The van der Waals surface area contributed by atoms with Crippen molar-refractivity contribution in [3.05, 3.63) is 60.5 Å². The predicted molar refractivity (Wildman–Crippen MR) is 102 cm³/mol. The molecular weight excluding hydrogens is 418 g/mol. The van der Waals surface area contributed by atoms with Gasteiger partial charge in [-0.05, 0) is 13.0 Å². The molecular formula is C19H15F4N7O. The summed E-state index contributed by atoms with van der Waals surface area (Å²) in [4.78, 5) is 15.2. The molecule has 0 spiro atoms. The molecule has 160 valence electrons. The van der Waals surface area contributed by atoms with Crippen molar-refractivity contribution < 1.29 is 22.3 Å². The summed E-state index contributed by atoms with van der Waals surface area (Å²) in [5.41, 5.74) is 1.43. The van der Waals surface area contributed by atoms with Crippen molar-refractivity contribution in [2.24, 2.45) is 0 Å². The first-order valence-electron chi connectivity index (χ1n) is 8.95. The van der Waals surface area contributed by atoms with Gasteiger partial charge in [0.2, 0.25) is 5.82 Å². The zero-order valence-electron chi connectivity index (χ0n) is 16.2. The highest BCUT2D eigenvalue weighted by Crippen LogP contribution is 2.32. The summed E-state index contributed by atoms with van der Waals surface area (Å²) in [7, 11) is 1.47. The van der Waals surface area contributed by atoms with Gasteiger partial charge < -0.3 is 10.1 Å². The number of hydrogen-bond acceptors (Lipinski definition) is 7. The van der Waals surface area contributed by atoms with Crippen molar-refractivity contribution in [1.29, 1.82) is 0 Å². The third-order valence-electron chi connectivity index (χ3n) is 4.50. The van der Waals surface area contributed by atoms with Crippen molar-refractivity contribution in [3.63, 3.8) is 0 Å². The molecule has 0 fully saturated rings. The van der Waals surface area contributed by atoms with Gasteiger partial charge in [0.15, 0.2) is 5.82 Å². The fourth-order valence-corrected chi connectivity index (χ4v) is 2.96. The number of halogens is 4. The first kappa shape index (κ1) is 20.4. The fourth-order valence-electron chi connectivity index (χ4n) is 2.96. The topological polar surface area (TPSA) is 90.6 Å². The Morgan fingerprint density at radius 1 is 1.06 bits per heavy atom. The second-order valence-corrected chi connectivity index (χ2v) is 6.57. The number of hydrogen-bond donors (Lipinski definition) is 1. The average Bonchev–Trinajstić information content (AvgIpc) is 3.19. The summed E-state index contributed by atoms with van der Waals surface area (Å²) < 4.78 is 58.2. The summed E-state index contributed by atoms with van der Waals surface area (Å²) in [5.74, 6) is -0.904. The van der Waals surface area contributed by atoms with Crippen LogP contribution in [0.3, 0.4) is 0 Å². The molecule has 0 aliphatic rings. The number of ether oxygens (including phenoxy) is 1. The minimum absolute atomic E-state index is 0.394. The van der Waals surface area contributed by atoms with E-state index in [0.717, 1.165) is 18.6 Å². The SMILES string of the molecule is COc1cc(-n2cc(F)cn2)cc2c(NC(C)c3cnc(C(F)(F)F)nc3)ncnc12. The van der Waals surface area contributed by atoms with Crippen molar-refractivity contribution in [2.45, 2.75) is 19.1 Å². The minimum Gasteiger partial charge on any atom is -0.494 e. The highest BCUT2D eigenvalue weighted by Gasteiger charge is 2.34. The second-order valence-electron chi connectivity index (χ2n) is 6.57. The quantitative estimate of drug-likeness (QED) is 0.477. The average molecular weight is 433 g/mol. The summed E-state index contributed by atoms with van der Waals surface area (Å²) in [5, 5.41) is 7.62. The summed E-state index contributed by atoms with van der Waals surface area (Å²) in [6.07, 6.45) is 1.21. The van der Waals surface area contributed by atoms with E-state index < -0.39 is 23.9 Å². The highest BCUT2D eigenvalue weighted by atomic mass is 19.4. The van der Waals surface area contributed by atoms with Gasteiger partial charge in [0.05, 0.1) is 31.2 Å². The van der Waals surface area contributed by atoms with E-state index in [9.17, 15) is 17.6 Å². The van der Waals surface area contributed by atoms with Crippen LogP contribution in [0.4, 0.5) is 23.4 Å². The molecule has 0 amide bonds. The van der Waals surface area contributed by atoms with Crippen LogP contribution in [0.25, 0.3) is 16.6 Å². The molecule has 0 aliphatic heterocycles. The number of nitrogens with zero attached hydrogens (tertiary/aromatic N) is 6. The predicted octanol–water partition coefficient (Wildman–Crippen LogP) is 3.95. The van der Waals surface area contributed by atoms with Crippen molar-refractivity contribution >= 4 is 16.7 Å². The number of rotatable bonds is 5. The normalized spacial score (nSPS) is 12.7. The Morgan fingerprint density at radius 2 is 1.81 bits per heavy atom. The molecule has 4 rings (SSSR count). The van der Waals surface area contributed by atoms with Gasteiger partial charge in [-0.3, -0.25) is 0 Å². The van der Waals surface area contributed by atoms with E-state index >= 15 is 0 Å². The third-order valence-corrected chi connectivity index (χ3v) is 4.50. The van der Waals surface area contributed by atoms with Crippen LogP contribution in [-0.2, 0) is 6.18 Å². The lowest BCUT2D eigenvalue weighted by molar-refractivity contribution is -0.145. The van der Waals surface area contributed by atoms with Gasteiger partial charge in [0.1, 0.15) is 23.4 Å². The molecule has 1 aromatic carbocycles. The number of alkyl halides is 3. The second kappa shape index (κ2) is 7.78. The summed E-state index contributed by atoms with van der Waals surface area (Å²) >= 11 is 0. The van der Waals surface area contributed by atoms with Crippen LogP contribution in [0.5, 0.6) is 5.75 Å². The molecule has 4 aromatic rings. The first-order valence-corrected chi connectivity index (χ1v) is 8.95. The molecule has 0 saturated heterocycles. The molecule has 0 bridgehead atoms. The van der Waals surface area contributed by atoms with Crippen LogP contribution in [0.15, 0.2) is 43.2 Å². The number of anilines is 1. The van der Waals surface area contributed by atoms with E-state index in [1.807, 2.05) is 0 Å². The van der Waals surface area contributed by atoms with Gasteiger partial charge in [-0.2, -0.15) is 18.3 Å². The van der Waals surface area contributed by atoms with Crippen LogP contribution in [0.2, 0.25) is 0 Å². The van der Waals surface area contributed by atoms with Crippen molar-refractivity contribution in [3.8, 4) is 11.4 Å². The number of nitrogens with one attached hydrogen (secondary N) is 1. The molecule has 0 saturated carbocycles. The maximum absolute atomic E-state index is 13.4. The summed E-state index contributed by atoms with van der Waals surface area (Å²) in [6, 6.07) is 2.87. The Hall–Kier alpha value is -3.83. The smallest absolute Gasteiger partial charge is 0.451 e. The lowest BCUT2D eigenvalue weighted by Gasteiger charge is -2.17. The molecule has 1 N–H and O–H groups in total. The molecule has 12 heteroatoms. The monoisotopic (exact) mass is 433 g/mol. The number of fused-ring (bicyclic) bond motifs is 1. The zero-order chi connectivity index (χ0) is 22.2. The maximum atomic E-state index is 13.4. The number of benzene rings is 1. The van der Waals surface area contributed by atoms with E-state index in [0.29, 0.717) is 33.7 Å². The van der Waals surface area contributed by atoms with E-state index in [2.05, 4.69) is 30.4 Å². The molecule has 0 aliphatic carbocycles. The third kappa shape index (κ3) is 4.09. The van der Waals surface area contributed by atoms with E-state index in [4.69, 9.17) is 4.74 Å². The fraction of sp³-hybridized carbons (Fsp3) is 0.211. The Bertz CT molecular complexity index is 1220. The lowest BCUT2D eigenvalue weighted by atomic mass is 10.1. The summed E-state index contributed by atoms with van der Waals surface area (Å²) in [6.45, 7) is 1.73. The molecule has 1 atom stereocenters. The van der Waals surface area contributed by atoms with Gasteiger partial charge in [-0.15, -0.1) is 0 Å². The van der Waals surface area contributed by atoms with Crippen LogP contribution >= 0.6 is 0 Å². The number of methoxy groups -OCH3 is 1. The minimum atomic E-state index is -4.61. The largest absolute Gasteiger partial charge is 0.494 e. The molecule has 0 radical (unpaired) electrons. The van der Waals surface area contributed by atoms with E-state index in [-0.39, 0.29) is 0 Å². The Morgan fingerprint density at radius 3 is 2.42 bits per heavy atom. The van der Waals surface area contributed by atoms with Crippen molar-refractivity contribution in [1.82, 2.24) is 29.7 Å². The van der Waals surface area contributed by atoms with Crippen LogP contribution < -0.4 is 10.1 Å². The van der Waals surface area contributed by atoms with Gasteiger partial charge in [0, 0.05) is 29.4 Å². The van der Waals surface area contributed by atoms with Crippen molar-refractivity contribution in [2.75, 3.05) is 12.4 Å². The highest BCUT2D eigenvalue weighted by molar-refractivity contribution is 5.94.